The van der Waals surface area contributed by atoms with E-state index in [0.717, 1.165) is 11.0 Å². The minimum Gasteiger partial charge on any atom is -0.463 e. The maximum Gasteiger partial charge on any atom is 0.416 e. The van der Waals surface area contributed by atoms with Crippen LogP contribution < -0.4 is 5.32 Å². The summed E-state index contributed by atoms with van der Waals surface area (Å²) in [5.74, 6) is -1.26. The molecule has 2 aliphatic rings. The Balaban J connectivity index is 2.14. The highest BCUT2D eigenvalue weighted by molar-refractivity contribution is 7.91. The zero-order chi connectivity index (χ0) is 22.3. The van der Waals surface area contributed by atoms with E-state index < -0.39 is 45.7 Å². The lowest BCUT2D eigenvalue weighted by Gasteiger charge is -2.38. The number of ether oxygens (including phenoxy) is 1. The fourth-order valence-electron chi connectivity index (χ4n) is 3.89. The van der Waals surface area contributed by atoms with Crippen LogP contribution in [0.15, 0.2) is 35.5 Å². The summed E-state index contributed by atoms with van der Waals surface area (Å²) in [6.45, 7) is 2.95. The first-order chi connectivity index (χ1) is 14.0. The van der Waals surface area contributed by atoms with Crippen molar-refractivity contribution in [2.24, 2.45) is 0 Å². The Morgan fingerprint density at radius 3 is 2.53 bits per heavy atom. The molecule has 164 valence electrons. The fraction of sp³-hybridized carbons (Fsp3) is 0.474. The number of rotatable bonds is 4. The molecule has 0 bridgehead atoms. The summed E-state index contributed by atoms with van der Waals surface area (Å²) in [6.07, 6.45) is -4.53. The van der Waals surface area contributed by atoms with Crippen molar-refractivity contribution in [3.05, 3.63) is 46.7 Å². The lowest BCUT2D eigenvalue weighted by Crippen LogP contribution is -2.52. The minimum absolute atomic E-state index is 0.0188. The van der Waals surface area contributed by atoms with Gasteiger partial charge in [0.25, 0.3) is 0 Å². The van der Waals surface area contributed by atoms with Crippen LogP contribution in [0, 0.1) is 0 Å². The highest BCUT2D eigenvalue weighted by Crippen LogP contribution is 2.40. The highest BCUT2D eigenvalue weighted by atomic mass is 32.2. The van der Waals surface area contributed by atoms with Gasteiger partial charge < -0.3 is 10.1 Å². The Morgan fingerprint density at radius 2 is 1.97 bits per heavy atom. The number of urea groups is 1. The molecule has 1 aromatic rings. The molecule has 0 saturated carbocycles. The number of esters is 1. The molecular weight excluding hydrogens is 425 g/mol. The van der Waals surface area contributed by atoms with Gasteiger partial charge in [-0.15, -0.1) is 0 Å². The standard InChI is InChI=1S/C19H21F3N2O5S/c1-3-29-17(25)15-11(2)24(12-8-9-30(27,28)10-12)18(26)23-16(15)13-6-4-5-7-14(13)19(20,21)22/h4-7,12,16H,3,8-10H2,1-2H3,(H,23,26). The normalized spacial score (nSPS) is 24.0. The molecule has 2 heterocycles. The van der Waals surface area contributed by atoms with Crippen molar-refractivity contribution in [3.8, 4) is 0 Å². The minimum atomic E-state index is -4.70. The van der Waals surface area contributed by atoms with Gasteiger partial charge in [0.2, 0.25) is 0 Å². The van der Waals surface area contributed by atoms with Crippen LogP contribution in [0.4, 0.5) is 18.0 Å². The lowest BCUT2D eigenvalue weighted by molar-refractivity contribution is -0.141. The number of hydrogen-bond donors (Lipinski definition) is 1. The maximum atomic E-state index is 13.6. The summed E-state index contributed by atoms with van der Waals surface area (Å²) in [4.78, 5) is 26.7. The van der Waals surface area contributed by atoms with Crippen molar-refractivity contribution in [3.63, 3.8) is 0 Å². The van der Waals surface area contributed by atoms with Crippen molar-refractivity contribution in [2.45, 2.75) is 38.5 Å². The van der Waals surface area contributed by atoms with Crippen molar-refractivity contribution in [2.75, 3.05) is 18.1 Å². The lowest BCUT2D eigenvalue weighted by atomic mass is 9.90. The molecule has 0 aromatic heterocycles. The van der Waals surface area contributed by atoms with Gasteiger partial charge in [-0.25, -0.2) is 18.0 Å². The number of allylic oxidation sites excluding steroid dienone is 1. The topological polar surface area (TPSA) is 92.8 Å². The molecule has 2 atom stereocenters. The first-order valence-electron chi connectivity index (χ1n) is 9.30. The average Bonchev–Trinajstić information content (AvgIpc) is 3.00. The second-order valence-corrected chi connectivity index (χ2v) is 9.34. The molecule has 7 nitrogen and oxygen atoms in total. The Labute approximate surface area is 171 Å². The van der Waals surface area contributed by atoms with Crippen LogP contribution >= 0.6 is 0 Å². The first-order valence-corrected chi connectivity index (χ1v) is 11.1. The number of sulfone groups is 1. The fourth-order valence-corrected chi connectivity index (χ4v) is 5.59. The molecule has 0 radical (unpaired) electrons. The molecular formula is C19H21F3N2O5S. The van der Waals surface area contributed by atoms with Gasteiger partial charge in [0, 0.05) is 5.70 Å². The first kappa shape index (κ1) is 22.1. The van der Waals surface area contributed by atoms with E-state index in [2.05, 4.69) is 5.32 Å². The summed E-state index contributed by atoms with van der Waals surface area (Å²) in [5.41, 5.74) is -1.35. The molecule has 1 N–H and O–H groups in total. The summed E-state index contributed by atoms with van der Waals surface area (Å²) in [6, 6.07) is 1.80. The van der Waals surface area contributed by atoms with Gasteiger partial charge in [-0.05, 0) is 31.9 Å². The van der Waals surface area contributed by atoms with Crippen LogP contribution in [0.1, 0.15) is 37.4 Å². The van der Waals surface area contributed by atoms with Gasteiger partial charge in [-0.1, -0.05) is 18.2 Å². The molecule has 1 saturated heterocycles. The zero-order valence-electron chi connectivity index (χ0n) is 16.3. The Morgan fingerprint density at radius 1 is 1.30 bits per heavy atom. The van der Waals surface area contributed by atoms with Crippen molar-refractivity contribution >= 4 is 21.8 Å². The summed E-state index contributed by atoms with van der Waals surface area (Å²) in [5, 5.41) is 2.45. The maximum absolute atomic E-state index is 13.6. The van der Waals surface area contributed by atoms with Gasteiger partial charge in [0.05, 0.1) is 41.3 Å². The number of nitrogens with zero attached hydrogens (tertiary/aromatic N) is 1. The second-order valence-electron chi connectivity index (χ2n) is 7.11. The van der Waals surface area contributed by atoms with E-state index in [0.29, 0.717) is 0 Å². The van der Waals surface area contributed by atoms with Gasteiger partial charge in [-0.2, -0.15) is 13.2 Å². The Kier molecular flexibility index (Phi) is 5.85. The third kappa shape index (κ3) is 4.16. The van der Waals surface area contributed by atoms with Crippen LogP contribution in [0.2, 0.25) is 0 Å². The van der Waals surface area contributed by atoms with Gasteiger partial charge in [0.15, 0.2) is 9.84 Å². The average molecular weight is 446 g/mol. The summed E-state index contributed by atoms with van der Waals surface area (Å²) < 4.78 is 69.4. The molecule has 2 amide bonds. The monoisotopic (exact) mass is 446 g/mol. The molecule has 0 aliphatic carbocycles. The number of alkyl halides is 3. The number of halogens is 3. The van der Waals surface area contributed by atoms with Crippen LogP contribution in [-0.2, 0) is 25.5 Å². The van der Waals surface area contributed by atoms with Crippen molar-refractivity contribution < 1.29 is 35.9 Å². The van der Waals surface area contributed by atoms with Gasteiger partial charge in [-0.3, -0.25) is 4.90 Å². The molecule has 30 heavy (non-hydrogen) atoms. The molecule has 1 aromatic carbocycles. The number of amides is 2. The van der Waals surface area contributed by atoms with Crippen molar-refractivity contribution in [1.82, 2.24) is 10.2 Å². The van der Waals surface area contributed by atoms with Crippen LogP contribution in [-0.4, -0.2) is 49.5 Å². The van der Waals surface area contributed by atoms with Crippen LogP contribution in [0.5, 0.6) is 0 Å². The zero-order valence-corrected chi connectivity index (χ0v) is 17.1. The van der Waals surface area contributed by atoms with Gasteiger partial charge in [0.1, 0.15) is 0 Å². The molecule has 1 fully saturated rings. The van der Waals surface area contributed by atoms with E-state index in [9.17, 15) is 31.2 Å². The van der Waals surface area contributed by atoms with Crippen LogP contribution in [0.25, 0.3) is 0 Å². The predicted molar refractivity (Wildman–Crippen MR) is 101 cm³/mol. The van der Waals surface area contributed by atoms with E-state index in [1.807, 2.05) is 0 Å². The SMILES string of the molecule is CCOC(=O)C1=C(C)N(C2CCS(=O)(=O)C2)C(=O)NC1c1ccccc1C(F)(F)F. The van der Waals surface area contributed by atoms with E-state index in [1.54, 1.807) is 6.92 Å². The number of hydrogen-bond acceptors (Lipinski definition) is 5. The number of carbonyl (C=O) groups excluding carboxylic acids is 2. The van der Waals surface area contributed by atoms with E-state index in [-0.39, 0.29) is 41.4 Å². The molecule has 2 unspecified atom stereocenters. The van der Waals surface area contributed by atoms with Crippen molar-refractivity contribution in [1.29, 1.82) is 0 Å². The highest BCUT2D eigenvalue weighted by Gasteiger charge is 2.45. The number of carbonyl (C=O) groups is 2. The number of nitrogens with one attached hydrogen (secondary N) is 1. The van der Waals surface area contributed by atoms with E-state index in [4.69, 9.17) is 4.74 Å². The third-order valence-corrected chi connectivity index (χ3v) is 6.92. The molecule has 0 spiro atoms. The smallest absolute Gasteiger partial charge is 0.416 e. The predicted octanol–water partition coefficient (Wildman–Crippen LogP) is 2.80. The van der Waals surface area contributed by atoms with E-state index in [1.165, 1.54) is 25.1 Å². The summed E-state index contributed by atoms with van der Waals surface area (Å²) in [7, 11) is -3.34. The largest absolute Gasteiger partial charge is 0.463 e. The number of benzene rings is 1. The third-order valence-electron chi connectivity index (χ3n) is 5.17. The Bertz CT molecular complexity index is 1000. The second kappa shape index (κ2) is 7.93. The Hall–Kier alpha value is -2.56. The quantitative estimate of drug-likeness (QED) is 0.718. The molecule has 3 rings (SSSR count). The summed E-state index contributed by atoms with van der Waals surface area (Å²) >= 11 is 0. The van der Waals surface area contributed by atoms with E-state index >= 15 is 0 Å². The molecule has 2 aliphatic heterocycles. The molecule has 11 heteroatoms. The van der Waals surface area contributed by atoms with Gasteiger partial charge >= 0.3 is 18.2 Å². The van der Waals surface area contributed by atoms with Crippen LogP contribution in [0.3, 0.4) is 0 Å².